The molecule has 162 valence electrons. The average Bonchev–Trinajstić information content (AvgIpc) is 3.05. The normalized spacial score (nSPS) is 15.4. The van der Waals surface area contributed by atoms with Gasteiger partial charge in [0.15, 0.2) is 0 Å². The highest BCUT2D eigenvalue weighted by Gasteiger charge is 2.37. The maximum atomic E-state index is 13.1. The third-order valence-electron chi connectivity index (χ3n) is 5.57. The van der Waals surface area contributed by atoms with Crippen molar-refractivity contribution >= 4 is 41.2 Å². The summed E-state index contributed by atoms with van der Waals surface area (Å²) >= 11 is 5.92. The Kier molecular flexibility index (Phi) is 5.72. The number of anilines is 1. The molecule has 3 aromatic rings. The number of imide groups is 2. The molecule has 2 heterocycles. The van der Waals surface area contributed by atoms with Gasteiger partial charge in [-0.1, -0.05) is 36.7 Å². The van der Waals surface area contributed by atoms with Crippen molar-refractivity contribution in [3.8, 4) is 5.69 Å². The van der Waals surface area contributed by atoms with E-state index in [0.29, 0.717) is 10.7 Å². The molecule has 1 saturated heterocycles. The Balaban J connectivity index is 1.78. The molecule has 0 unspecified atom stereocenters. The highest BCUT2D eigenvalue weighted by molar-refractivity contribution is 6.39. The molecule has 4 amide bonds. The second-order valence-electron chi connectivity index (χ2n) is 7.58. The van der Waals surface area contributed by atoms with E-state index in [0.717, 1.165) is 34.0 Å². The number of carbonyl (C=O) groups excluding carboxylic acids is 3. The van der Waals surface area contributed by atoms with Crippen LogP contribution in [0.3, 0.4) is 0 Å². The number of aromatic nitrogens is 1. The third kappa shape index (κ3) is 3.74. The molecule has 0 bridgehead atoms. The molecule has 1 aliphatic heterocycles. The average molecular weight is 448 g/mol. The number of para-hydroxylation sites is 1. The molecule has 0 saturated carbocycles. The van der Waals surface area contributed by atoms with Crippen molar-refractivity contribution in [2.45, 2.75) is 27.2 Å². The molecule has 1 aromatic heterocycles. The standard InChI is InChI=1S/C25H22ClN3O3/c1-4-17-7-5-6-8-22(17)28-15(2)13-18(16(28)3)14-21-23(30)27-25(32)29(24(21)31)20-11-9-19(26)10-12-20/h5-14H,4H2,1-3H3,(H,27,30,32)/b21-14+. The van der Waals surface area contributed by atoms with Gasteiger partial charge < -0.3 is 4.57 Å². The van der Waals surface area contributed by atoms with Crippen molar-refractivity contribution < 1.29 is 14.4 Å². The number of amides is 4. The molecule has 2 aromatic carbocycles. The number of hydrogen-bond donors (Lipinski definition) is 1. The molecular formula is C25H22ClN3O3. The first-order chi connectivity index (χ1) is 15.3. The van der Waals surface area contributed by atoms with Crippen molar-refractivity contribution in [3.05, 3.63) is 87.7 Å². The zero-order valence-corrected chi connectivity index (χ0v) is 18.7. The van der Waals surface area contributed by atoms with Crippen LogP contribution in [0, 0.1) is 13.8 Å². The van der Waals surface area contributed by atoms with Crippen LogP contribution >= 0.6 is 11.6 Å². The van der Waals surface area contributed by atoms with Gasteiger partial charge in [-0.2, -0.15) is 0 Å². The van der Waals surface area contributed by atoms with E-state index in [9.17, 15) is 14.4 Å². The first kappa shape index (κ1) is 21.6. The summed E-state index contributed by atoms with van der Waals surface area (Å²) in [6, 6.07) is 15.5. The van der Waals surface area contributed by atoms with Gasteiger partial charge in [-0.25, -0.2) is 9.69 Å². The SMILES string of the molecule is CCc1ccccc1-n1c(C)cc(/C=C2\C(=O)NC(=O)N(c3ccc(Cl)cc3)C2=O)c1C. The van der Waals surface area contributed by atoms with Gasteiger partial charge in [0.05, 0.1) is 5.69 Å². The van der Waals surface area contributed by atoms with Crippen LogP contribution in [0.2, 0.25) is 5.02 Å². The maximum absolute atomic E-state index is 13.1. The van der Waals surface area contributed by atoms with Crippen LogP contribution in [0.5, 0.6) is 0 Å². The molecule has 1 aliphatic rings. The Morgan fingerprint density at radius 2 is 1.69 bits per heavy atom. The lowest BCUT2D eigenvalue weighted by Gasteiger charge is -2.26. The van der Waals surface area contributed by atoms with E-state index < -0.39 is 17.8 Å². The van der Waals surface area contributed by atoms with Gasteiger partial charge in [0.25, 0.3) is 11.8 Å². The third-order valence-corrected chi connectivity index (χ3v) is 5.82. The predicted octanol–water partition coefficient (Wildman–Crippen LogP) is 4.98. The van der Waals surface area contributed by atoms with E-state index in [1.165, 1.54) is 5.56 Å². The summed E-state index contributed by atoms with van der Waals surface area (Å²) in [5, 5.41) is 2.73. The minimum atomic E-state index is -0.790. The molecule has 0 aliphatic carbocycles. The zero-order valence-electron chi connectivity index (χ0n) is 18.0. The second kappa shape index (κ2) is 8.48. The van der Waals surface area contributed by atoms with Gasteiger partial charge in [0.1, 0.15) is 5.57 Å². The van der Waals surface area contributed by atoms with Crippen LogP contribution in [0.25, 0.3) is 11.8 Å². The van der Waals surface area contributed by atoms with E-state index in [-0.39, 0.29) is 5.57 Å². The number of benzene rings is 2. The number of nitrogens with one attached hydrogen (secondary N) is 1. The molecule has 6 nitrogen and oxygen atoms in total. The lowest BCUT2D eigenvalue weighted by Crippen LogP contribution is -2.54. The van der Waals surface area contributed by atoms with Crippen LogP contribution in [-0.4, -0.2) is 22.4 Å². The largest absolute Gasteiger partial charge is 0.335 e. The summed E-state index contributed by atoms with van der Waals surface area (Å²) in [5.41, 5.74) is 5.08. The van der Waals surface area contributed by atoms with Crippen molar-refractivity contribution in [1.82, 2.24) is 9.88 Å². The van der Waals surface area contributed by atoms with Gasteiger partial charge in [-0.15, -0.1) is 0 Å². The number of hydrogen-bond acceptors (Lipinski definition) is 3. The summed E-state index contributed by atoms with van der Waals surface area (Å²) in [6.45, 7) is 6.02. The number of barbiturate groups is 1. The van der Waals surface area contributed by atoms with Crippen molar-refractivity contribution in [2.75, 3.05) is 4.90 Å². The highest BCUT2D eigenvalue weighted by atomic mass is 35.5. The monoisotopic (exact) mass is 447 g/mol. The van der Waals surface area contributed by atoms with Gasteiger partial charge in [-0.3, -0.25) is 14.9 Å². The van der Waals surface area contributed by atoms with Gasteiger partial charge in [0.2, 0.25) is 0 Å². The first-order valence-electron chi connectivity index (χ1n) is 10.3. The first-order valence-corrected chi connectivity index (χ1v) is 10.6. The fourth-order valence-electron chi connectivity index (χ4n) is 3.97. The zero-order chi connectivity index (χ0) is 23.0. The lowest BCUT2D eigenvalue weighted by atomic mass is 10.1. The van der Waals surface area contributed by atoms with Gasteiger partial charge >= 0.3 is 6.03 Å². The Hall–Kier alpha value is -3.64. The molecule has 1 N–H and O–H groups in total. The maximum Gasteiger partial charge on any atom is 0.335 e. The summed E-state index contributed by atoms with van der Waals surface area (Å²) in [7, 11) is 0. The lowest BCUT2D eigenvalue weighted by molar-refractivity contribution is -0.122. The van der Waals surface area contributed by atoms with Crippen LogP contribution < -0.4 is 10.2 Å². The van der Waals surface area contributed by atoms with Crippen LogP contribution in [0.1, 0.15) is 29.4 Å². The Morgan fingerprint density at radius 3 is 2.38 bits per heavy atom. The van der Waals surface area contributed by atoms with E-state index in [4.69, 9.17) is 11.6 Å². The Labute approximate surface area is 191 Å². The molecule has 0 atom stereocenters. The number of nitrogens with zero attached hydrogens (tertiary/aromatic N) is 2. The van der Waals surface area contributed by atoms with Crippen LogP contribution in [0.15, 0.2) is 60.2 Å². The summed E-state index contributed by atoms with van der Waals surface area (Å²) in [5.74, 6) is -1.40. The summed E-state index contributed by atoms with van der Waals surface area (Å²) in [4.78, 5) is 39.0. The number of carbonyl (C=O) groups is 3. The predicted molar refractivity (Wildman–Crippen MR) is 125 cm³/mol. The fraction of sp³-hybridized carbons (Fsp3) is 0.160. The Morgan fingerprint density at radius 1 is 1.00 bits per heavy atom. The van der Waals surface area contributed by atoms with E-state index >= 15 is 0 Å². The quantitative estimate of drug-likeness (QED) is 0.453. The van der Waals surface area contributed by atoms with E-state index in [1.807, 2.05) is 32.0 Å². The minimum absolute atomic E-state index is 0.108. The molecular weight excluding hydrogens is 426 g/mol. The molecule has 4 rings (SSSR count). The smallest absolute Gasteiger partial charge is 0.318 e. The number of aryl methyl sites for hydroxylation is 2. The summed E-state index contributed by atoms with van der Waals surface area (Å²) < 4.78 is 2.11. The fourth-order valence-corrected chi connectivity index (χ4v) is 4.10. The van der Waals surface area contributed by atoms with Crippen molar-refractivity contribution in [1.29, 1.82) is 0 Å². The number of halogens is 1. The molecule has 0 spiro atoms. The van der Waals surface area contributed by atoms with E-state index in [2.05, 4.69) is 28.9 Å². The van der Waals surface area contributed by atoms with Gasteiger partial charge in [0, 0.05) is 22.1 Å². The minimum Gasteiger partial charge on any atom is -0.318 e. The molecule has 0 radical (unpaired) electrons. The Bertz CT molecular complexity index is 1270. The number of urea groups is 1. The van der Waals surface area contributed by atoms with E-state index in [1.54, 1.807) is 30.3 Å². The highest BCUT2D eigenvalue weighted by Crippen LogP contribution is 2.28. The molecule has 32 heavy (non-hydrogen) atoms. The van der Waals surface area contributed by atoms with Crippen molar-refractivity contribution in [3.63, 3.8) is 0 Å². The van der Waals surface area contributed by atoms with Crippen molar-refractivity contribution in [2.24, 2.45) is 0 Å². The van der Waals surface area contributed by atoms with Crippen LogP contribution in [-0.2, 0) is 16.0 Å². The van der Waals surface area contributed by atoms with Gasteiger partial charge in [-0.05, 0) is 73.9 Å². The second-order valence-corrected chi connectivity index (χ2v) is 8.01. The number of rotatable bonds is 4. The topological polar surface area (TPSA) is 71.4 Å². The molecule has 1 fully saturated rings. The summed E-state index contributed by atoms with van der Waals surface area (Å²) in [6.07, 6.45) is 2.42. The van der Waals surface area contributed by atoms with Crippen LogP contribution in [0.4, 0.5) is 10.5 Å². The molecule has 7 heteroatoms.